The first kappa shape index (κ1) is 18.9. The number of hydrogen-bond acceptors (Lipinski definition) is 4. The van der Waals surface area contributed by atoms with Crippen LogP contribution in [0.2, 0.25) is 10.0 Å². The predicted octanol–water partition coefficient (Wildman–Crippen LogP) is 5.53. The number of anilines is 2. The van der Waals surface area contributed by atoms with Gasteiger partial charge >= 0.3 is 6.03 Å². The molecule has 0 aliphatic carbocycles. The van der Waals surface area contributed by atoms with Gasteiger partial charge in [0.25, 0.3) is 0 Å². The normalized spacial score (nSPS) is 16.2. The Balaban J connectivity index is 1.99. The molecular formula is C18H17Cl2N3O2S. The topological polar surface area (TPSA) is 53.9 Å². The van der Waals surface area contributed by atoms with Crippen LogP contribution in [0.15, 0.2) is 47.5 Å². The highest BCUT2D eigenvalue weighted by molar-refractivity contribution is 8.15. The lowest BCUT2D eigenvalue weighted by atomic mass is 10.2. The van der Waals surface area contributed by atoms with Crippen molar-refractivity contribution in [3.05, 3.63) is 52.5 Å². The van der Waals surface area contributed by atoms with Crippen molar-refractivity contribution in [3.63, 3.8) is 0 Å². The molecule has 1 heterocycles. The van der Waals surface area contributed by atoms with Crippen molar-refractivity contribution in [2.45, 2.75) is 12.2 Å². The first-order valence-electron chi connectivity index (χ1n) is 7.89. The van der Waals surface area contributed by atoms with E-state index in [1.54, 1.807) is 49.6 Å². The number of ether oxygens (including phenoxy) is 1. The summed E-state index contributed by atoms with van der Waals surface area (Å²) in [6.45, 7) is 2.70. The van der Waals surface area contributed by atoms with Gasteiger partial charge in [-0.1, -0.05) is 48.0 Å². The van der Waals surface area contributed by atoms with Gasteiger partial charge in [-0.2, -0.15) is 0 Å². The number of rotatable bonds is 3. The average Bonchev–Trinajstić information content (AvgIpc) is 3.01. The molecule has 8 heteroatoms. The summed E-state index contributed by atoms with van der Waals surface area (Å²) in [5, 5.41) is 4.77. The maximum atomic E-state index is 13.1. The molecule has 0 spiro atoms. The minimum atomic E-state index is -0.367. The molecule has 3 rings (SSSR count). The number of hydrogen-bond donors (Lipinski definition) is 1. The highest BCUT2D eigenvalue weighted by Gasteiger charge is 2.29. The number of aliphatic imine (C=N–C) groups is 1. The molecule has 0 aromatic heterocycles. The fraction of sp³-hybridized carbons (Fsp3) is 0.222. The highest BCUT2D eigenvalue weighted by atomic mass is 35.5. The summed E-state index contributed by atoms with van der Waals surface area (Å²) in [4.78, 5) is 19.1. The Morgan fingerprint density at radius 1 is 1.27 bits per heavy atom. The molecule has 2 amide bonds. The third kappa shape index (κ3) is 4.26. The Bertz CT molecular complexity index is 860. The van der Waals surface area contributed by atoms with Crippen LogP contribution in [0.5, 0.6) is 5.75 Å². The molecule has 0 saturated heterocycles. The van der Waals surface area contributed by atoms with Crippen molar-refractivity contribution in [2.24, 2.45) is 4.99 Å². The number of halogens is 2. The van der Waals surface area contributed by atoms with E-state index in [1.807, 2.05) is 0 Å². The van der Waals surface area contributed by atoms with Gasteiger partial charge in [-0.3, -0.25) is 4.99 Å². The van der Waals surface area contributed by atoms with E-state index < -0.39 is 0 Å². The number of carbonyl (C=O) groups is 1. The van der Waals surface area contributed by atoms with Crippen molar-refractivity contribution in [1.29, 1.82) is 0 Å². The standard InChI is InChI=1S/C18H17Cl2N3O2S/c1-11-10-21-18(26-11)23(15-9-13(20)6-7-16(15)25-2)17(24)22-14-5-3-4-12(19)8-14/h3-9,11H,10H2,1-2H3,(H,22,24)/t11-/m0/s1. The zero-order valence-electron chi connectivity index (χ0n) is 14.2. The quantitative estimate of drug-likeness (QED) is 0.724. The van der Waals surface area contributed by atoms with Crippen molar-refractivity contribution >= 4 is 57.5 Å². The van der Waals surface area contributed by atoms with Crippen molar-refractivity contribution in [1.82, 2.24) is 0 Å². The number of nitrogens with one attached hydrogen (secondary N) is 1. The van der Waals surface area contributed by atoms with E-state index in [1.165, 1.54) is 16.7 Å². The van der Waals surface area contributed by atoms with Gasteiger partial charge in [0, 0.05) is 21.0 Å². The van der Waals surface area contributed by atoms with Crippen molar-refractivity contribution in [2.75, 3.05) is 23.9 Å². The molecule has 1 N–H and O–H groups in total. The summed E-state index contributed by atoms with van der Waals surface area (Å²) < 4.78 is 5.42. The monoisotopic (exact) mass is 409 g/mol. The fourth-order valence-corrected chi connectivity index (χ4v) is 3.77. The minimum Gasteiger partial charge on any atom is -0.495 e. The van der Waals surface area contributed by atoms with Gasteiger partial charge in [-0.05, 0) is 36.4 Å². The van der Waals surface area contributed by atoms with E-state index in [4.69, 9.17) is 27.9 Å². The molecule has 5 nitrogen and oxygen atoms in total. The Hall–Kier alpha value is -1.89. The number of amides is 2. The Kier molecular flexibility index (Phi) is 5.96. The summed E-state index contributed by atoms with van der Waals surface area (Å²) in [6.07, 6.45) is 0. The van der Waals surface area contributed by atoms with E-state index in [-0.39, 0.29) is 11.3 Å². The van der Waals surface area contributed by atoms with Crippen LogP contribution in [0, 0.1) is 0 Å². The van der Waals surface area contributed by atoms with Crippen molar-refractivity contribution in [3.8, 4) is 5.75 Å². The largest absolute Gasteiger partial charge is 0.495 e. The molecule has 0 unspecified atom stereocenters. The number of benzene rings is 2. The van der Waals surface area contributed by atoms with Crippen LogP contribution in [0.1, 0.15) is 6.92 Å². The van der Waals surface area contributed by atoms with Crippen LogP contribution >= 0.6 is 35.0 Å². The molecule has 0 saturated carbocycles. The summed E-state index contributed by atoms with van der Waals surface area (Å²) in [5.41, 5.74) is 1.12. The first-order chi connectivity index (χ1) is 12.5. The SMILES string of the molecule is COc1ccc(Cl)cc1N(C(=O)Nc1cccc(Cl)c1)C1=NC[C@H](C)S1. The molecule has 1 atom stereocenters. The van der Waals surface area contributed by atoms with Crippen LogP contribution in [0.25, 0.3) is 0 Å². The van der Waals surface area contributed by atoms with E-state index in [0.717, 1.165) is 0 Å². The predicted molar refractivity (Wildman–Crippen MR) is 110 cm³/mol. The molecule has 136 valence electrons. The zero-order chi connectivity index (χ0) is 18.7. The number of amidine groups is 1. The second-order valence-corrected chi connectivity index (χ2v) is 7.92. The summed E-state index contributed by atoms with van der Waals surface area (Å²) in [5.74, 6) is 0.526. The first-order valence-corrected chi connectivity index (χ1v) is 9.53. The van der Waals surface area contributed by atoms with E-state index >= 15 is 0 Å². The third-order valence-corrected chi connectivity index (χ3v) is 5.19. The van der Waals surface area contributed by atoms with Crippen molar-refractivity contribution < 1.29 is 9.53 Å². The Morgan fingerprint density at radius 2 is 2.04 bits per heavy atom. The van der Waals surface area contributed by atoms with E-state index in [2.05, 4.69) is 17.2 Å². The van der Waals surface area contributed by atoms with Gasteiger partial charge in [-0.15, -0.1) is 0 Å². The van der Waals surface area contributed by atoms with Gasteiger partial charge in [0.2, 0.25) is 0 Å². The molecule has 2 aromatic rings. The second-order valence-electron chi connectivity index (χ2n) is 5.64. The lowest BCUT2D eigenvalue weighted by Gasteiger charge is -2.24. The van der Waals surface area contributed by atoms with Crippen LogP contribution in [-0.2, 0) is 0 Å². The second kappa shape index (κ2) is 8.20. The van der Waals surface area contributed by atoms with Gasteiger partial charge in [0.15, 0.2) is 5.17 Å². The fourth-order valence-electron chi connectivity index (χ4n) is 2.47. The van der Waals surface area contributed by atoms with E-state index in [9.17, 15) is 4.79 Å². The van der Waals surface area contributed by atoms with Crippen LogP contribution in [0.4, 0.5) is 16.2 Å². The van der Waals surface area contributed by atoms with E-state index in [0.29, 0.717) is 38.9 Å². The molecule has 1 aliphatic heterocycles. The summed E-state index contributed by atoms with van der Waals surface area (Å²) >= 11 is 13.7. The average molecular weight is 410 g/mol. The number of methoxy groups -OCH3 is 1. The number of nitrogens with zero attached hydrogens (tertiary/aromatic N) is 2. The summed E-state index contributed by atoms with van der Waals surface area (Å²) in [7, 11) is 1.55. The minimum absolute atomic E-state index is 0.289. The lowest BCUT2D eigenvalue weighted by molar-refractivity contribution is 0.259. The lowest BCUT2D eigenvalue weighted by Crippen LogP contribution is -2.38. The van der Waals surface area contributed by atoms with Gasteiger partial charge < -0.3 is 10.1 Å². The smallest absolute Gasteiger partial charge is 0.332 e. The van der Waals surface area contributed by atoms with Gasteiger partial charge in [0.05, 0.1) is 19.3 Å². The molecular weight excluding hydrogens is 393 g/mol. The van der Waals surface area contributed by atoms with Crippen LogP contribution in [-0.4, -0.2) is 30.1 Å². The number of carbonyl (C=O) groups excluding carboxylic acids is 1. The van der Waals surface area contributed by atoms with Gasteiger partial charge in [-0.25, -0.2) is 9.69 Å². The molecule has 2 aromatic carbocycles. The third-order valence-electron chi connectivity index (χ3n) is 3.64. The van der Waals surface area contributed by atoms with Crippen LogP contribution in [0.3, 0.4) is 0 Å². The zero-order valence-corrected chi connectivity index (χ0v) is 16.5. The molecule has 0 bridgehead atoms. The molecule has 0 fully saturated rings. The molecule has 0 radical (unpaired) electrons. The maximum absolute atomic E-state index is 13.1. The van der Waals surface area contributed by atoms with Crippen LogP contribution < -0.4 is 15.0 Å². The highest BCUT2D eigenvalue weighted by Crippen LogP contribution is 2.36. The van der Waals surface area contributed by atoms with Gasteiger partial charge in [0.1, 0.15) is 5.75 Å². The summed E-state index contributed by atoms with van der Waals surface area (Å²) in [6, 6.07) is 11.7. The maximum Gasteiger partial charge on any atom is 0.332 e. The Morgan fingerprint density at radius 3 is 2.69 bits per heavy atom. The molecule has 1 aliphatic rings. The Labute approximate surface area is 166 Å². The molecule has 26 heavy (non-hydrogen) atoms. The number of thioether (sulfide) groups is 1. The number of urea groups is 1.